The van der Waals surface area contributed by atoms with E-state index in [9.17, 15) is 4.79 Å². The van der Waals surface area contributed by atoms with Crippen LogP contribution in [0, 0.1) is 5.41 Å². The molecule has 0 bridgehead atoms. The SMILES string of the molecule is O=C(CCc1ccccc1)NC1CNCC12CCOCC2. The maximum atomic E-state index is 12.2. The first kappa shape index (κ1) is 14.5. The van der Waals surface area contributed by atoms with E-state index in [1.807, 2.05) is 18.2 Å². The van der Waals surface area contributed by atoms with Gasteiger partial charge in [0.15, 0.2) is 0 Å². The molecule has 2 saturated heterocycles. The van der Waals surface area contributed by atoms with Crippen LogP contribution in [0.1, 0.15) is 24.8 Å². The van der Waals surface area contributed by atoms with Crippen molar-refractivity contribution < 1.29 is 9.53 Å². The van der Waals surface area contributed by atoms with E-state index < -0.39 is 0 Å². The summed E-state index contributed by atoms with van der Waals surface area (Å²) in [4.78, 5) is 12.2. The molecule has 2 fully saturated rings. The van der Waals surface area contributed by atoms with Crippen LogP contribution in [0.25, 0.3) is 0 Å². The third-order valence-corrected chi connectivity index (χ3v) is 4.87. The van der Waals surface area contributed by atoms with Gasteiger partial charge in [-0.1, -0.05) is 30.3 Å². The van der Waals surface area contributed by atoms with E-state index in [0.29, 0.717) is 6.42 Å². The summed E-state index contributed by atoms with van der Waals surface area (Å²) in [5.41, 5.74) is 1.43. The first-order valence-electron chi connectivity index (χ1n) is 7.90. The molecule has 0 aromatic heterocycles. The van der Waals surface area contributed by atoms with Gasteiger partial charge >= 0.3 is 0 Å². The number of amides is 1. The molecule has 0 aliphatic carbocycles. The van der Waals surface area contributed by atoms with Crippen LogP contribution in [0.15, 0.2) is 30.3 Å². The fourth-order valence-electron chi connectivity index (χ4n) is 3.48. The van der Waals surface area contributed by atoms with Gasteiger partial charge in [0.1, 0.15) is 0 Å². The highest BCUT2D eigenvalue weighted by atomic mass is 16.5. The van der Waals surface area contributed by atoms with Gasteiger partial charge in [0, 0.05) is 44.2 Å². The molecule has 4 nitrogen and oxygen atoms in total. The topological polar surface area (TPSA) is 50.4 Å². The lowest BCUT2D eigenvalue weighted by molar-refractivity contribution is -0.122. The fraction of sp³-hybridized carbons (Fsp3) is 0.588. The van der Waals surface area contributed by atoms with Crippen molar-refractivity contribution in [2.45, 2.75) is 31.7 Å². The second-order valence-electron chi connectivity index (χ2n) is 6.21. The van der Waals surface area contributed by atoms with Gasteiger partial charge in [-0.3, -0.25) is 4.79 Å². The maximum Gasteiger partial charge on any atom is 0.220 e. The van der Waals surface area contributed by atoms with Gasteiger partial charge in [0.2, 0.25) is 5.91 Å². The Morgan fingerprint density at radius 1 is 1.29 bits per heavy atom. The number of nitrogens with one attached hydrogen (secondary N) is 2. The molecule has 0 saturated carbocycles. The molecule has 1 aromatic rings. The Bertz CT molecular complexity index is 469. The number of hydrogen-bond acceptors (Lipinski definition) is 3. The van der Waals surface area contributed by atoms with E-state index in [4.69, 9.17) is 4.74 Å². The number of benzene rings is 1. The first-order chi connectivity index (χ1) is 10.3. The van der Waals surface area contributed by atoms with Gasteiger partial charge in [0.05, 0.1) is 0 Å². The summed E-state index contributed by atoms with van der Waals surface area (Å²) in [6, 6.07) is 10.4. The van der Waals surface area contributed by atoms with E-state index >= 15 is 0 Å². The first-order valence-corrected chi connectivity index (χ1v) is 7.90. The third-order valence-electron chi connectivity index (χ3n) is 4.87. The Morgan fingerprint density at radius 2 is 2.05 bits per heavy atom. The summed E-state index contributed by atoms with van der Waals surface area (Å²) in [7, 11) is 0. The second kappa shape index (κ2) is 6.58. The van der Waals surface area contributed by atoms with Crippen LogP contribution in [0.2, 0.25) is 0 Å². The van der Waals surface area contributed by atoms with Crippen molar-refractivity contribution in [2.24, 2.45) is 5.41 Å². The van der Waals surface area contributed by atoms with Crippen molar-refractivity contribution in [3.05, 3.63) is 35.9 Å². The molecule has 2 aliphatic heterocycles. The molecule has 114 valence electrons. The summed E-state index contributed by atoms with van der Waals surface area (Å²) >= 11 is 0. The smallest absolute Gasteiger partial charge is 0.220 e. The zero-order valence-electron chi connectivity index (χ0n) is 12.4. The van der Waals surface area contributed by atoms with Crippen molar-refractivity contribution >= 4 is 5.91 Å². The lowest BCUT2D eigenvalue weighted by Crippen LogP contribution is -2.49. The monoisotopic (exact) mass is 288 g/mol. The predicted octanol–water partition coefficient (Wildman–Crippen LogP) is 1.50. The molecule has 1 spiro atoms. The number of ether oxygens (including phenoxy) is 1. The van der Waals surface area contributed by atoms with E-state index in [2.05, 4.69) is 22.8 Å². The normalized spacial score (nSPS) is 24.1. The van der Waals surface area contributed by atoms with Crippen LogP contribution in [-0.4, -0.2) is 38.3 Å². The molecule has 1 aromatic carbocycles. The van der Waals surface area contributed by atoms with E-state index in [-0.39, 0.29) is 17.4 Å². The average molecular weight is 288 g/mol. The maximum absolute atomic E-state index is 12.2. The highest BCUT2D eigenvalue weighted by molar-refractivity contribution is 5.76. The summed E-state index contributed by atoms with van der Waals surface area (Å²) in [6.07, 6.45) is 3.46. The van der Waals surface area contributed by atoms with Gasteiger partial charge in [0.25, 0.3) is 0 Å². The molecule has 2 aliphatic rings. The molecule has 1 atom stereocenters. The summed E-state index contributed by atoms with van der Waals surface area (Å²) in [5, 5.41) is 6.69. The lowest BCUT2D eigenvalue weighted by Gasteiger charge is -2.38. The highest BCUT2D eigenvalue weighted by Crippen LogP contribution is 2.36. The van der Waals surface area contributed by atoms with Crippen molar-refractivity contribution in [3.63, 3.8) is 0 Å². The number of carbonyl (C=O) groups excluding carboxylic acids is 1. The molecule has 3 rings (SSSR count). The van der Waals surface area contributed by atoms with Crippen LogP contribution >= 0.6 is 0 Å². The molecule has 0 radical (unpaired) electrons. The standard InChI is InChI=1S/C17H24N2O2/c20-16(7-6-14-4-2-1-3-5-14)19-15-12-18-13-17(15)8-10-21-11-9-17/h1-5,15,18H,6-13H2,(H,19,20). The van der Waals surface area contributed by atoms with Crippen molar-refractivity contribution in [1.29, 1.82) is 0 Å². The largest absolute Gasteiger partial charge is 0.381 e. The van der Waals surface area contributed by atoms with E-state index in [0.717, 1.165) is 45.6 Å². The molecular weight excluding hydrogens is 264 g/mol. The second-order valence-corrected chi connectivity index (χ2v) is 6.21. The Kier molecular flexibility index (Phi) is 4.56. The van der Waals surface area contributed by atoms with E-state index in [1.165, 1.54) is 5.56 Å². The molecule has 4 heteroatoms. The Labute approximate surface area is 126 Å². The van der Waals surface area contributed by atoms with Crippen molar-refractivity contribution in [1.82, 2.24) is 10.6 Å². The van der Waals surface area contributed by atoms with Crippen LogP contribution in [0.5, 0.6) is 0 Å². The van der Waals surface area contributed by atoms with Gasteiger partial charge in [-0.2, -0.15) is 0 Å². The molecule has 21 heavy (non-hydrogen) atoms. The fourth-order valence-corrected chi connectivity index (χ4v) is 3.48. The van der Waals surface area contributed by atoms with Gasteiger partial charge in [-0.15, -0.1) is 0 Å². The lowest BCUT2D eigenvalue weighted by atomic mass is 9.76. The van der Waals surface area contributed by atoms with Gasteiger partial charge in [-0.25, -0.2) is 0 Å². The van der Waals surface area contributed by atoms with Gasteiger partial charge in [-0.05, 0) is 24.8 Å². The zero-order valence-corrected chi connectivity index (χ0v) is 12.4. The van der Waals surface area contributed by atoms with Crippen LogP contribution < -0.4 is 10.6 Å². The molecule has 1 amide bonds. The average Bonchev–Trinajstić information content (AvgIpc) is 2.89. The zero-order chi connectivity index (χ0) is 14.5. The minimum atomic E-state index is 0.165. The Morgan fingerprint density at radius 3 is 2.81 bits per heavy atom. The molecule has 2 N–H and O–H groups in total. The Balaban J connectivity index is 1.52. The van der Waals surface area contributed by atoms with E-state index in [1.54, 1.807) is 0 Å². The number of rotatable bonds is 4. The highest BCUT2D eigenvalue weighted by Gasteiger charge is 2.44. The quantitative estimate of drug-likeness (QED) is 0.883. The molecule has 2 heterocycles. The van der Waals surface area contributed by atoms with Crippen molar-refractivity contribution in [2.75, 3.05) is 26.3 Å². The minimum Gasteiger partial charge on any atom is -0.381 e. The summed E-state index contributed by atoms with van der Waals surface area (Å²) < 4.78 is 5.47. The molecular formula is C17H24N2O2. The third kappa shape index (κ3) is 3.44. The number of carbonyl (C=O) groups is 1. The van der Waals surface area contributed by atoms with Crippen LogP contribution in [0.4, 0.5) is 0 Å². The van der Waals surface area contributed by atoms with Crippen LogP contribution in [-0.2, 0) is 16.0 Å². The van der Waals surface area contributed by atoms with Gasteiger partial charge < -0.3 is 15.4 Å². The Hall–Kier alpha value is -1.39. The number of aryl methyl sites for hydroxylation is 1. The summed E-state index contributed by atoms with van der Waals surface area (Å²) in [6.45, 7) is 3.52. The predicted molar refractivity (Wildman–Crippen MR) is 82.0 cm³/mol. The molecule has 1 unspecified atom stereocenters. The minimum absolute atomic E-state index is 0.165. The van der Waals surface area contributed by atoms with Crippen molar-refractivity contribution in [3.8, 4) is 0 Å². The van der Waals surface area contributed by atoms with Crippen LogP contribution in [0.3, 0.4) is 0 Å². The summed E-state index contributed by atoms with van der Waals surface area (Å²) in [5.74, 6) is 0.165. The number of hydrogen-bond donors (Lipinski definition) is 2.